The second kappa shape index (κ2) is 9.65. The zero-order valence-electron chi connectivity index (χ0n) is 17.7. The maximum absolute atomic E-state index is 6.47. The second-order valence-corrected chi connectivity index (χ2v) is 8.38. The summed E-state index contributed by atoms with van der Waals surface area (Å²) in [5, 5.41) is 5.00. The molecule has 30 heavy (non-hydrogen) atoms. The van der Waals surface area contributed by atoms with Gasteiger partial charge in [0.15, 0.2) is 0 Å². The maximum atomic E-state index is 6.47. The standard InChI is InChI=1S/C24H29ClN4O/c1-27-12-5-13-29(15-14-27)17-20-16-19(22-6-3-4-7-23(22)25)8-9-24(20)30-18-21-10-11-26-28(21)2/h3-4,6-11,16H,5,12-15,17-18H2,1-2H3. The number of likely N-dealkylation sites (N-methyl/N-ethyl adjacent to an activating group) is 1. The average Bonchev–Trinajstić information content (AvgIpc) is 3.04. The van der Waals surface area contributed by atoms with Crippen molar-refractivity contribution in [3.63, 3.8) is 0 Å². The quantitative estimate of drug-likeness (QED) is 0.585. The van der Waals surface area contributed by atoms with Crippen molar-refractivity contribution in [3.8, 4) is 16.9 Å². The average molecular weight is 425 g/mol. The minimum atomic E-state index is 0.498. The lowest BCUT2D eigenvalue weighted by Gasteiger charge is -2.22. The molecule has 1 aromatic heterocycles. The number of ether oxygens (including phenoxy) is 1. The van der Waals surface area contributed by atoms with Crippen molar-refractivity contribution in [2.45, 2.75) is 19.6 Å². The molecule has 0 unspecified atom stereocenters. The van der Waals surface area contributed by atoms with Crippen LogP contribution in [0.2, 0.25) is 5.02 Å². The first-order valence-corrected chi connectivity index (χ1v) is 10.9. The molecule has 0 N–H and O–H groups in total. The smallest absolute Gasteiger partial charge is 0.130 e. The molecular formula is C24H29ClN4O. The van der Waals surface area contributed by atoms with Crippen molar-refractivity contribution < 1.29 is 4.74 Å². The molecule has 5 nitrogen and oxygen atoms in total. The van der Waals surface area contributed by atoms with Gasteiger partial charge in [-0.25, -0.2) is 0 Å². The third-order valence-electron chi connectivity index (χ3n) is 5.75. The van der Waals surface area contributed by atoms with Gasteiger partial charge in [0.2, 0.25) is 0 Å². The summed E-state index contributed by atoms with van der Waals surface area (Å²) < 4.78 is 8.10. The summed E-state index contributed by atoms with van der Waals surface area (Å²) in [4.78, 5) is 4.92. The molecule has 0 aliphatic carbocycles. The van der Waals surface area contributed by atoms with Gasteiger partial charge >= 0.3 is 0 Å². The summed E-state index contributed by atoms with van der Waals surface area (Å²) in [6.45, 7) is 5.77. The summed E-state index contributed by atoms with van der Waals surface area (Å²) in [6.07, 6.45) is 2.99. The molecule has 0 amide bonds. The largest absolute Gasteiger partial charge is 0.487 e. The van der Waals surface area contributed by atoms with Crippen LogP contribution in [0.15, 0.2) is 54.7 Å². The Labute approximate surface area is 183 Å². The number of benzene rings is 2. The van der Waals surface area contributed by atoms with Crippen LogP contribution in [-0.2, 0) is 20.2 Å². The van der Waals surface area contributed by atoms with E-state index in [1.54, 1.807) is 6.20 Å². The Morgan fingerprint density at radius 2 is 1.87 bits per heavy atom. The summed E-state index contributed by atoms with van der Waals surface area (Å²) in [5.41, 5.74) is 4.41. The highest BCUT2D eigenvalue weighted by Gasteiger charge is 2.16. The number of aromatic nitrogens is 2. The van der Waals surface area contributed by atoms with Gasteiger partial charge in [-0.1, -0.05) is 35.9 Å². The summed E-state index contributed by atoms with van der Waals surface area (Å²) >= 11 is 6.47. The van der Waals surface area contributed by atoms with E-state index in [-0.39, 0.29) is 0 Å². The highest BCUT2D eigenvalue weighted by Crippen LogP contribution is 2.32. The number of rotatable bonds is 6. The van der Waals surface area contributed by atoms with Gasteiger partial charge in [0.25, 0.3) is 0 Å². The molecule has 0 saturated carbocycles. The van der Waals surface area contributed by atoms with Crippen molar-refractivity contribution in [2.24, 2.45) is 7.05 Å². The van der Waals surface area contributed by atoms with Crippen LogP contribution >= 0.6 is 11.6 Å². The van der Waals surface area contributed by atoms with E-state index in [2.05, 4.69) is 46.2 Å². The monoisotopic (exact) mass is 424 g/mol. The minimum absolute atomic E-state index is 0.498. The van der Waals surface area contributed by atoms with Gasteiger partial charge in [-0.2, -0.15) is 5.10 Å². The predicted molar refractivity (Wildman–Crippen MR) is 122 cm³/mol. The van der Waals surface area contributed by atoms with Crippen LogP contribution < -0.4 is 4.74 Å². The fourth-order valence-electron chi connectivity index (χ4n) is 3.90. The van der Waals surface area contributed by atoms with Crippen LogP contribution in [-0.4, -0.2) is 52.8 Å². The number of nitrogens with zero attached hydrogens (tertiary/aromatic N) is 4. The molecule has 3 aromatic rings. The molecule has 0 bridgehead atoms. The van der Waals surface area contributed by atoms with Gasteiger partial charge < -0.3 is 9.64 Å². The van der Waals surface area contributed by atoms with E-state index in [1.165, 1.54) is 12.0 Å². The third-order valence-corrected chi connectivity index (χ3v) is 6.08. The first kappa shape index (κ1) is 20.9. The zero-order valence-corrected chi connectivity index (χ0v) is 18.5. The lowest BCUT2D eigenvalue weighted by atomic mass is 10.0. The second-order valence-electron chi connectivity index (χ2n) is 7.97. The fourth-order valence-corrected chi connectivity index (χ4v) is 4.15. The van der Waals surface area contributed by atoms with Gasteiger partial charge in [0.05, 0.1) is 5.69 Å². The summed E-state index contributed by atoms with van der Waals surface area (Å²) in [6, 6.07) is 16.4. The SMILES string of the molecule is CN1CCCN(Cc2cc(-c3ccccc3Cl)ccc2OCc2ccnn2C)CC1. The topological polar surface area (TPSA) is 33.5 Å². The first-order valence-electron chi connectivity index (χ1n) is 10.5. The molecule has 0 spiro atoms. The number of hydrogen-bond acceptors (Lipinski definition) is 4. The van der Waals surface area contributed by atoms with E-state index >= 15 is 0 Å². The molecule has 0 radical (unpaired) electrons. The van der Waals surface area contributed by atoms with Crippen LogP contribution in [0.1, 0.15) is 17.7 Å². The Hall–Kier alpha value is -2.34. The number of aryl methyl sites for hydroxylation is 1. The van der Waals surface area contributed by atoms with Gasteiger partial charge in [-0.3, -0.25) is 9.58 Å². The van der Waals surface area contributed by atoms with Gasteiger partial charge in [-0.15, -0.1) is 0 Å². The molecule has 1 aliphatic heterocycles. The molecule has 0 atom stereocenters. The Kier molecular flexibility index (Phi) is 6.72. The maximum Gasteiger partial charge on any atom is 0.130 e. The molecule has 2 heterocycles. The van der Waals surface area contributed by atoms with E-state index in [0.717, 1.165) is 60.3 Å². The van der Waals surface area contributed by atoms with Crippen LogP contribution in [0.25, 0.3) is 11.1 Å². The highest BCUT2D eigenvalue weighted by molar-refractivity contribution is 6.33. The van der Waals surface area contributed by atoms with Crippen LogP contribution in [0.3, 0.4) is 0 Å². The van der Waals surface area contributed by atoms with Crippen LogP contribution in [0.4, 0.5) is 0 Å². The fraction of sp³-hybridized carbons (Fsp3) is 0.375. The molecule has 4 rings (SSSR count). The third kappa shape index (κ3) is 5.04. The molecule has 1 fully saturated rings. The van der Waals surface area contributed by atoms with Crippen molar-refractivity contribution in [3.05, 3.63) is 71.0 Å². The Morgan fingerprint density at radius 1 is 1.00 bits per heavy atom. The lowest BCUT2D eigenvalue weighted by molar-refractivity contribution is 0.254. The molecule has 2 aromatic carbocycles. The molecule has 158 valence electrons. The lowest BCUT2D eigenvalue weighted by Crippen LogP contribution is -2.28. The summed E-state index contributed by atoms with van der Waals surface area (Å²) in [5.74, 6) is 0.921. The van der Waals surface area contributed by atoms with Gasteiger partial charge in [0.1, 0.15) is 12.4 Å². The molecular weight excluding hydrogens is 396 g/mol. The van der Waals surface area contributed by atoms with Crippen molar-refractivity contribution in [2.75, 3.05) is 33.2 Å². The normalized spacial score (nSPS) is 15.8. The predicted octanol–water partition coefficient (Wildman–Crippen LogP) is 4.46. The molecule has 1 saturated heterocycles. The van der Waals surface area contributed by atoms with Crippen LogP contribution in [0, 0.1) is 0 Å². The van der Waals surface area contributed by atoms with Crippen molar-refractivity contribution >= 4 is 11.6 Å². The molecule has 6 heteroatoms. The van der Waals surface area contributed by atoms with E-state index in [1.807, 2.05) is 36.0 Å². The summed E-state index contributed by atoms with van der Waals surface area (Å²) in [7, 11) is 4.14. The Bertz CT molecular complexity index is 987. The van der Waals surface area contributed by atoms with E-state index in [9.17, 15) is 0 Å². The molecule has 1 aliphatic rings. The van der Waals surface area contributed by atoms with E-state index in [4.69, 9.17) is 16.3 Å². The highest BCUT2D eigenvalue weighted by atomic mass is 35.5. The zero-order chi connectivity index (χ0) is 20.9. The van der Waals surface area contributed by atoms with Crippen LogP contribution in [0.5, 0.6) is 5.75 Å². The van der Waals surface area contributed by atoms with Crippen molar-refractivity contribution in [1.29, 1.82) is 0 Å². The number of halogens is 1. The Balaban J connectivity index is 1.61. The first-order chi connectivity index (χ1) is 14.6. The van der Waals surface area contributed by atoms with E-state index < -0.39 is 0 Å². The van der Waals surface area contributed by atoms with Gasteiger partial charge in [0, 0.05) is 49.0 Å². The number of hydrogen-bond donors (Lipinski definition) is 0. The Morgan fingerprint density at radius 3 is 2.67 bits per heavy atom. The minimum Gasteiger partial charge on any atom is -0.487 e. The van der Waals surface area contributed by atoms with Crippen molar-refractivity contribution in [1.82, 2.24) is 19.6 Å². The van der Waals surface area contributed by atoms with Gasteiger partial charge in [-0.05, 0) is 56.4 Å². The van der Waals surface area contributed by atoms with E-state index in [0.29, 0.717) is 6.61 Å².